The third-order valence-electron chi connectivity index (χ3n) is 5.23. The molecule has 1 aliphatic rings. The van der Waals surface area contributed by atoms with Gasteiger partial charge in [-0.1, -0.05) is 48.2 Å². The minimum Gasteiger partial charge on any atom is -0.395 e. The van der Waals surface area contributed by atoms with E-state index in [1.165, 1.54) is 21.8 Å². The molecular formula is C22H27Cl2N3O. The number of aromatic nitrogens is 1. The van der Waals surface area contributed by atoms with E-state index in [1.54, 1.807) is 0 Å². The van der Waals surface area contributed by atoms with Crippen LogP contribution in [0.5, 0.6) is 0 Å². The molecule has 0 unspecified atom stereocenters. The molecule has 1 saturated heterocycles. The van der Waals surface area contributed by atoms with Gasteiger partial charge in [0.1, 0.15) is 0 Å². The Labute approximate surface area is 178 Å². The number of para-hydroxylation sites is 2. The van der Waals surface area contributed by atoms with Crippen molar-refractivity contribution in [3.8, 4) is 11.8 Å². The third kappa shape index (κ3) is 4.81. The van der Waals surface area contributed by atoms with Gasteiger partial charge in [-0.05, 0) is 12.1 Å². The number of fused-ring (bicyclic) bond motifs is 3. The van der Waals surface area contributed by atoms with Crippen LogP contribution in [0.3, 0.4) is 0 Å². The van der Waals surface area contributed by atoms with Gasteiger partial charge in [0.05, 0.1) is 19.7 Å². The summed E-state index contributed by atoms with van der Waals surface area (Å²) < 4.78 is 2.32. The Morgan fingerprint density at radius 1 is 0.714 bits per heavy atom. The molecule has 2 heterocycles. The van der Waals surface area contributed by atoms with Crippen molar-refractivity contribution < 1.29 is 5.11 Å². The number of aliphatic hydroxyl groups is 1. The normalized spacial score (nSPS) is 14.9. The maximum absolute atomic E-state index is 9.02. The summed E-state index contributed by atoms with van der Waals surface area (Å²) in [4.78, 5) is 4.70. The van der Waals surface area contributed by atoms with Crippen molar-refractivity contribution in [3.05, 3.63) is 48.5 Å². The first-order valence-electron chi connectivity index (χ1n) is 9.34. The van der Waals surface area contributed by atoms with Crippen molar-refractivity contribution in [2.75, 3.05) is 45.9 Å². The highest BCUT2D eigenvalue weighted by molar-refractivity contribution is 6.08. The lowest BCUT2D eigenvalue weighted by molar-refractivity contribution is 0.121. The number of hydrogen-bond donors (Lipinski definition) is 1. The molecule has 1 N–H and O–H groups in total. The van der Waals surface area contributed by atoms with Crippen LogP contribution in [0.1, 0.15) is 0 Å². The first-order chi connectivity index (χ1) is 12.9. The SMILES string of the molecule is Cl.Cl.OCCN1CCN(CC#CCn2c3ccccc3c3ccccc32)CC1. The second kappa shape index (κ2) is 10.7. The number of rotatable bonds is 4. The highest BCUT2D eigenvalue weighted by Gasteiger charge is 2.15. The number of nitrogens with zero attached hydrogens (tertiary/aromatic N) is 3. The zero-order chi connectivity index (χ0) is 17.8. The van der Waals surface area contributed by atoms with Gasteiger partial charge >= 0.3 is 0 Å². The van der Waals surface area contributed by atoms with E-state index in [4.69, 9.17) is 5.11 Å². The lowest BCUT2D eigenvalue weighted by atomic mass is 10.2. The number of benzene rings is 2. The van der Waals surface area contributed by atoms with Gasteiger partial charge in [0.15, 0.2) is 0 Å². The van der Waals surface area contributed by atoms with Crippen LogP contribution in [-0.2, 0) is 6.54 Å². The molecule has 1 aliphatic heterocycles. The van der Waals surface area contributed by atoms with Gasteiger partial charge in [0.2, 0.25) is 0 Å². The number of piperazine rings is 1. The molecule has 4 rings (SSSR count). The van der Waals surface area contributed by atoms with Gasteiger partial charge in [-0.15, -0.1) is 24.8 Å². The van der Waals surface area contributed by atoms with Crippen LogP contribution in [-0.4, -0.2) is 65.3 Å². The van der Waals surface area contributed by atoms with Crippen LogP contribution in [0.25, 0.3) is 21.8 Å². The summed E-state index contributed by atoms with van der Waals surface area (Å²) in [5, 5.41) is 11.6. The molecule has 0 aliphatic carbocycles. The van der Waals surface area contributed by atoms with Crippen molar-refractivity contribution in [2.24, 2.45) is 0 Å². The summed E-state index contributed by atoms with van der Waals surface area (Å²) in [7, 11) is 0. The highest BCUT2D eigenvalue weighted by Crippen LogP contribution is 2.28. The van der Waals surface area contributed by atoms with Gasteiger partial charge in [-0.25, -0.2) is 0 Å². The van der Waals surface area contributed by atoms with E-state index in [9.17, 15) is 0 Å². The summed E-state index contributed by atoms with van der Waals surface area (Å²) in [6.45, 7) is 6.69. The Balaban J connectivity index is 0.00000140. The van der Waals surface area contributed by atoms with Crippen molar-refractivity contribution >= 4 is 46.6 Å². The first kappa shape index (κ1) is 22.5. The molecule has 6 heteroatoms. The molecule has 1 aromatic heterocycles. The van der Waals surface area contributed by atoms with E-state index < -0.39 is 0 Å². The zero-order valence-corrected chi connectivity index (χ0v) is 17.5. The number of hydrogen-bond acceptors (Lipinski definition) is 3. The molecule has 0 amide bonds. The summed E-state index contributed by atoms with van der Waals surface area (Å²) in [5.41, 5.74) is 2.50. The maximum Gasteiger partial charge on any atom is 0.0844 e. The second-order valence-electron chi connectivity index (χ2n) is 6.82. The fraction of sp³-hybridized carbons (Fsp3) is 0.364. The fourth-order valence-corrected chi connectivity index (χ4v) is 3.79. The van der Waals surface area contributed by atoms with E-state index in [0.717, 1.165) is 45.8 Å². The zero-order valence-electron chi connectivity index (χ0n) is 15.9. The summed E-state index contributed by atoms with van der Waals surface area (Å²) in [5.74, 6) is 6.73. The van der Waals surface area contributed by atoms with Gasteiger partial charge in [0.25, 0.3) is 0 Å². The molecule has 4 nitrogen and oxygen atoms in total. The van der Waals surface area contributed by atoms with E-state index >= 15 is 0 Å². The molecule has 150 valence electrons. The molecule has 0 saturated carbocycles. The lowest BCUT2D eigenvalue weighted by Gasteiger charge is -2.33. The average Bonchev–Trinajstić information content (AvgIpc) is 3.01. The highest BCUT2D eigenvalue weighted by atomic mass is 35.5. The van der Waals surface area contributed by atoms with Gasteiger partial charge < -0.3 is 9.67 Å². The third-order valence-corrected chi connectivity index (χ3v) is 5.23. The molecule has 0 bridgehead atoms. The van der Waals surface area contributed by atoms with Crippen molar-refractivity contribution in [1.82, 2.24) is 14.4 Å². The second-order valence-corrected chi connectivity index (χ2v) is 6.82. The predicted molar refractivity (Wildman–Crippen MR) is 122 cm³/mol. The van der Waals surface area contributed by atoms with Crippen LogP contribution in [0, 0.1) is 11.8 Å². The molecule has 3 aromatic rings. The summed E-state index contributed by atoms with van der Waals surface area (Å²) in [6.07, 6.45) is 0. The molecule has 0 atom stereocenters. The number of aliphatic hydroxyl groups excluding tert-OH is 1. The number of halogens is 2. The van der Waals surface area contributed by atoms with Crippen LogP contribution < -0.4 is 0 Å². The van der Waals surface area contributed by atoms with Crippen molar-refractivity contribution in [2.45, 2.75) is 6.54 Å². The lowest BCUT2D eigenvalue weighted by Crippen LogP contribution is -2.47. The standard InChI is InChI=1S/C22H25N3O.2ClH/c26-18-17-24-15-13-23(14-16-24)11-5-6-12-25-21-9-3-1-7-19(21)20-8-2-4-10-22(20)25;;/h1-4,7-10,26H,11-18H2;2*1H. The fourth-order valence-electron chi connectivity index (χ4n) is 3.79. The molecular weight excluding hydrogens is 393 g/mol. The van der Waals surface area contributed by atoms with Crippen LogP contribution in [0.4, 0.5) is 0 Å². The summed E-state index contributed by atoms with van der Waals surface area (Å²) >= 11 is 0. The first-order valence-corrected chi connectivity index (χ1v) is 9.34. The van der Waals surface area contributed by atoms with E-state index in [-0.39, 0.29) is 31.4 Å². The molecule has 28 heavy (non-hydrogen) atoms. The Bertz CT molecular complexity index is 899. The molecule has 1 fully saturated rings. The monoisotopic (exact) mass is 419 g/mol. The number of β-amino-alcohol motifs (C(OH)–C–C–N with tert-alkyl or cyclic N) is 1. The minimum atomic E-state index is 0. The van der Waals surface area contributed by atoms with Gasteiger partial charge in [-0.2, -0.15) is 0 Å². The Morgan fingerprint density at radius 2 is 1.21 bits per heavy atom. The minimum absolute atomic E-state index is 0. The maximum atomic E-state index is 9.02. The largest absolute Gasteiger partial charge is 0.395 e. The smallest absolute Gasteiger partial charge is 0.0844 e. The molecule has 2 aromatic carbocycles. The van der Waals surface area contributed by atoms with E-state index in [0.29, 0.717) is 0 Å². The quantitative estimate of drug-likeness (QED) is 0.658. The topological polar surface area (TPSA) is 31.6 Å². The van der Waals surface area contributed by atoms with Crippen molar-refractivity contribution in [1.29, 1.82) is 0 Å². The van der Waals surface area contributed by atoms with Crippen LogP contribution in [0.2, 0.25) is 0 Å². The predicted octanol–water partition coefficient (Wildman–Crippen LogP) is 3.25. The van der Waals surface area contributed by atoms with Crippen molar-refractivity contribution in [3.63, 3.8) is 0 Å². The molecule has 0 spiro atoms. The van der Waals surface area contributed by atoms with Crippen LogP contribution in [0.15, 0.2) is 48.5 Å². The Hall–Kier alpha value is -1.74. The van der Waals surface area contributed by atoms with Crippen LogP contribution >= 0.6 is 24.8 Å². The molecule has 0 radical (unpaired) electrons. The van der Waals surface area contributed by atoms with E-state index in [1.807, 2.05) is 0 Å². The Morgan fingerprint density at radius 3 is 1.79 bits per heavy atom. The summed E-state index contributed by atoms with van der Waals surface area (Å²) in [6, 6.07) is 17.1. The van der Waals surface area contributed by atoms with Gasteiger partial charge in [0, 0.05) is 54.5 Å². The Kier molecular flexibility index (Phi) is 8.62. The van der Waals surface area contributed by atoms with E-state index in [2.05, 4.69) is 74.7 Å². The van der Waals surface area contributed by atoms with Gasteiger partial charge in [-0.3, -0.25) is 9.80 Å². The average molecular weight is 420 g/mol.